The Labute approximate surface area is 135 Å². The molecule has 0 fully saturated rings. The van der Waals surface area contributed by atoms with E-state index >= 15 is 0 Å². The van der Waals surface area contributed by atoms with E-state index in [0.29, 0.717) is 22.8 Å². The van der Waals surface area contributed by atoms with Gasteiger partial charge in [0.25, 0.3) is 0 Å². The maximum absolute atomic E-state index is 12.2. The van der Waals surface area contributed by atoms with E-state index in [1.54, 1.807) is 56.6 Å². The Hall–Kier alpha value is -2.76. The minimum absolute atomic E-state index is 0.124. The lowest BCUT2D eigenvalue weighted by Crippen LogP contribution is -1.96. The summed E-state index contributed by atoms with van der Waals surface area (Å²) in [5.74, 6) is 1.61. The van der Waals surface area contributed by atoms with Gasteiger partial charge in [0.2, 0.25) is 0 Å². The first-order valence-corrected chi connectivity index (χ1v) is 7.17. The highest BCUT2D eigenvalue weighted by atomic mass is 16.5. The Bertz CT molecular complexity index is 719. The molecule has 0 atom stereocenters. The van der Waals surface area contributed by atoms with Crippen LogP contribution in [-0.4, -0.2) is 36.9 Å². The van der Waals surface area contributed by atoms with Gasteiger partial charge in [-0.25, -0.2) is 0 Å². The summed E-state index contributed by atoms with van der Waals surface area (Å²) in [4.78, 5) is 12.2. The second-order valence-corrected chi connectivity index (χ2v) is 4.73. The Morgan fingerprint density at radius 1 is 1.13 bits per heavy atom. The van der Waals surface area contributed by atoms with Crippen LogP contribution in [0.3, 0.4) is 0 Å². The quantitative estimate of drug-likeness (QED) is 0.580. The average Bonchev–Trinajstić information content (AvgIpc) is 3.07. The lowest BCUT2D eigenvalue weighted by atomic mass is 10.1. The fourth-order valence-corrected chi connectivity index (χ4v) is 2.11. The van der Waals surface area contributed by atoms with Crippen molar-refractivity contribution in [2.45, 2.75) is 13.5 Å². The van der Waals surface area contributed by atoms with Crippen LogP contribution in [0.15, 0.2) is 30.6 Å². The molecule has 0 radical (unpaired) electrons. The van der Waals surface area contributed by atoms with Crippen LogP contribution in [0.1, 0.15) is 22.8 Å². The second-order valence-electron chi connectivity index (χ2n) is 4.73. The lowest BCUT2D eigenvalue weighted by molar-refractivity contribution is 0.104. The van der Waals surface area contributed by atoms with E-state index in [0.717, 1.165) is 12.1 Å². The second kappa shape index (κ2) is 7.49. The van der Waals surface area contributed by atoms with Crippen LogP contribution >= 0.6 is 0 Å². The lowest BCUT2D eigenvalue weighted by Gasteiger charge is -2.12. The third-order valence-corrected chi connectivity index (χ3v) is 3.39. The summed E-state index contributed by atoms with van der Waals surface area (Å²) in [5, 5.41) is 4.10. The van der Waals surface area contributed by atoms with Gasteiger partial charge in [0.15, 0.2) is 17.3 Å². The number of aromatic nitrogens is 2. The van der Waals surface area contributed by atoms with Gasteiger partial charge < -0.3 is 14.2 Å². The molecule has 0 bridgehead atoms. The predicted octanol–water partition coefficient (Wildman–Crippen LogP) is 2.82. The summed E-state index contributed by atoms with van der Waals surface area (Å²) in [6, 6.07) is 3.48. The van der Waals surface area contributed by atoms with Crippen LogP contribution in [0.4, 0.5) is 0 Å². The van der Waals surface area contributed by atoms with E-state index in [1.807, 2.05) is 6.92 Å². The highest BCUT2D eigenvalue weighted by Gasteiger charge is 2.11. The summed E-state index contributed by atoms with van der Waals surface area (Å²) in [6.45, 7) is 2.69. The first-order chi connectivity index (χ1) is 11.1. The number of ketones is 1. The van der Waals surface area contributed by atoms with Crippen molar-refractivity contribution in [3.05, 3.63) is 41.7 Å². The molecule has 0 saturated carbocycles. The number of carbonyl (C=O) groups excluding carboxylic acids is 1. The molecule has 0 aliphatic heterocycles. The zero-order valence-electron chi connectivity index (χ0n) is 13.7. The number of ether oxygens (including phenoxy) is 3. The Balaban J connectivity index is 2.28. The van der Waals surface area contributed by atoms with Crippen molar-refractivity contribution in [1.82, 2.24) is 9.78 Å². The largest absolute Gasteiger partial charge is 0.496 e. The minimum Gasteiger partial charge on any atom is -0.496 e. The molecule has 1 aromatic carbocycles. The molecule has 0 saturated heterocycles. The monoisotopic (exact) mass is 316 g/mol. The number of hydrogen-bond donors (Lipinski definition) is 0. The van der Waals surface area contributed by atoms with Crippen LogP contribution in [0, 0.1) is 0 Å². The van der Waals surface area contributed by atoms with Gasteiger partial charge in [-0.2, -0.15) is 5.10 Å². The van der Waals surface area contributed by atoms with Gasteiger partial charge in [-0.05, 0) is 25.1 Å². The van der Waals surface area contributed by atoms with E-state index in [-0.39, 0.29) is 5.78 Å². The van der Waals surface area contributed by atoms with Crippen molar-refractivity contribution in [3.63, 3.8) is 0 Å². The topological polar surface area (TPSA) is 62.6 Å². The van der Waals surface area contributed by atoms with Crippen molar-refractivity contribution >= 4 is 11.9 Å². The summed E-state index contributed by atoms with van der Waals surface area (Å²) < 4.78 is 17.5. The molecule has 0 aliphatic carbocycles. The first kappa shape index (κ1) is 16.6. The van der Waals surface area contributed by atoms with E-state index in [4.69, 9.17) is 14.2 Å². The number of hydrogen-bond acceptors (Lipinski definition) is 5. The van der Waals surface area contributed by atoms with E-state index in [9.17, 15) is 4.79 Å². The fraction of sp³-hybridized carbons (Fsp3) is 0.294. The molecule has 0 spiro atoms. The van der Waals surface area contributed by atoms with Crippen LogP contribution in [0.2, 0.25) is 0 Å². The van der Waals surface area contributed by atoms with E-state index in [1.165, 1.54) is 6.08 Å². The molecule has 2 rings (SSSR count). The SMILES string of the molecule is CCn1cc(C(=O)/C=C\c2cc(OC)c(OC)cc2OC)cn1. The van der Waals surface area contributed by atoms with Crippen molar-refractivity contribution in [2.75, 3.05) is 21.3 Å². The summed E-state index contributed by atoms with van der Waals surface area (Å²) >= 11 is 0. The first-order valence-electron chi connectivity index (χ1n) is 7.17. The molecule has 1 heterocycles. The van der Waals surface area contributed by atoms with Gasteiger partial charge in [0.1, 0.15) is 5.75 Å². The van der Waals surface area contributed by atoms with Crippen LogP contribution in [0.5, 0.6) is 17.2 Å². The molecule has 6 nitrogen and oxygen atoms in total. The molecule has 6 heteroatoms. The molecule has 23 heavy (non-hydrogen) atoms. The van der Waals surface area contributed by atoms with E-state index < -0.39 is 0 Å². The fourth-order valence-electron chi connectivity index (χ4n) is 2.11. The molecular formula is C17H20N2O4. The molecule has 0 amide bonds. The summed E-state index contributed by atoms with van der Waals surface area (Å²) in [6.07, 6.45) is 6.45. The molecule has 1 aromatic heterocycles. The van der Waals surface area contributed by atoms with E-state index in [2.05, 4.69) is 5.10 Å². The maximum atomic E-state index is 12.2. The van der Waals surface area contributed by atoms with Gasteiger partial charge in [-0.3, -0.25) is 9.48 Å². The van der Waals surface area contributed by atoms with Crippen LogP contribution < -0.4 is 14.2 Å². The molecule has 0 N–H and O–H groups in total. The van der Waals surface area contributed by atoms with Gasteiger partial charge in [0, 0.05) is 24.4 Å². The Morgan fingerprint density at radius 3 is 2.35 bits per heavy atom. The summed E-state index contributed by atoms with van der Waals surface area (Å²) in [7, 11) is 4.68. The Morgan fingerprint density at radius 2 is 1.78 bits per heavy atom. The smallest absolute Gasteiger partial charge is 0.189 e. The molecule has 0 unspecified atom stereocenters. The number of allylic oxidation sites excluding steroid dienone is 1. The van der Waals surface area contributed by atoms with Crippen LogP contribution in [-0.2, 0) is 6.54 Å². The zero-order valence-corrected chi connectivity index (χ0v) is 13.7. The molecule has 2 aromatic rings. The highest BCUT2D eigenvalue weighted by molar-refractivity contribution is 6.06. The van der Waals surface area contributed by atoms with Gasteiger partial charge in [-0.15, -0.1) is 0 Å². The average molecular weight is 316 g/mol. The number of aryl methyl sites for hydroxylation is 1. The predicted molar refractivity (Wildman–Crippen MR) is 87.4 cm³/mol. The van der Waals surface area contributed by atoms with Crippen LogP contribution in [0.25, 0.3) is 6.08 Å². The molecule has 0 aliphatic rings. The maximum Gasteiger partial charge on any atom is 0.189 e. The van der Waals surface area contributed by atoms with Crippen molar-refractivity contribution in [1.29, 1.82) is 0 Å². The third-order valence-electron chi connectivity index (χ3n) is 3.39. The Kier molecular flexibility index (Phi) is 5.41. The number of rotatable bonds is 7. The molecular weight excluding hydrogens is 296 g/mol. The standard InChI is InChI=1S/C17H20N2O4/c1-5-19-11-13(10-18-19)14(20)7-6-12-8-16(22-3)17(23-4)9-15(12)21-2/h6-11H,5H2,1-4H3/b7-6-. The highest BCUT2D eigenvalue weighted by Crippen LogP contribution is 2.35. The van der Waals surface area contributed by atoms with Crippen molar-refractivity contribution in [2.24, 2.45) is 0 Å². The normalized spacial score (nSPS) is 10.8. The van der Waals surface area contributed by atoms with Crippen molar-refractivity contribution < 1.29 is 19.0 Å². The number of methoxy groups -OCH3 is 3. The van der Waals surface area contributed by atoms with Crippen molar-refractivity contribution in [3.8, 4) is 17.2 Å². The molecule has 122 valence electrons. The van der Waals surface area contributed by atoms with Gasteiger partial charge in [-0.1, -0.05) is 0 Å². The number of carbonyl (C=O) groups is 1. The number of benzene rings is 1. The minimum atomic E-state index is -0.124. The summed E-state index contributed by atoms with van der Waals surface area (Å²) in [5.41, 5.74) is 1.27. The zero-order chi connectivity index (χ0) is 16.8. The van der Waals surface area contributed by atoms with Gasteiger partial charge >= 0.3 is 0 Å². The number of nitrogens with zero attached hydrogens (tertiary/aromatic N) is 2. The van der Waals surface area contributed by atoms with Gasteiger partial charge in [0.05, 0.1) is 33.1 Å². The third kappa shape index (κ3) is 3.71.